The van der Waals surface area contributed by atoms with Crippen LogP contribution >= 0.6 is 11.8 Å². The third-order valence-electron chi connectivity index (χ3n) is 5.66. The van der Waals surface area contributed by atoms with Gasteiger partial charge in [-0.1, -0.05) is 0 Å². The summed E-state index contributed by atoms with van der Waals surface area (Å²) in [5, 5.41) is 67.5. The van der Waals surface area contributed by atoms with Gasteiger partial charge in [0.2, 0.25) is 17.6 Å². The van der Waals surface area contributed by atoms with Gasteiger partial charge in [0.15, 0.2) is 6.10 Å². The van der Waals surface area contributed by atoms with Crippen LogP contribution in [0.25, 0.3) is 0 Å². The summed E-state index contributed by atoms with van der Waals surface area (Å²) in [6.07, 6.45) is -10.8. The molecule has 0 aliphatic rings. The Morgan fingerprint density at radius 2 is 1.44 bits per heavy atom. The molecule has 260 valence electrons. The van der Waals surface area contributed by atoms with E-state index < -0.39 is 108 Å². The minimum atomic E-state index is -3.82. The molecule has 0 aliphatic heterocycles. The lowest BCUT2D eigenvalue weighted by molar-refractivity contribution is -0.192. The number of nitrogens with one attached hydrogen (secondary N) is 3. The van der Waals surface area contributed by atoms with E-state index in [0.29, 0.717) is 0 Å². The number of rotatable bonds is 18. The molecule has 1 unspecified atom stereocenters. The third-order valence-corrected chi connectivity index (χ3v) is 6.58. The van der Waals surface area contributed by atoms with E-state index in [1.54, 1.807) is 0 Å². The first-order valence-electron chi connectivity index (χ1n) is 13.6. The smallest absolute Gasteiger partial charge is 0.408 e. The van der Waals surface area contributed by atoms with Crippen LogP contribution in [0.2, 0.25) is 0 Å². The van der Waals surface area contributed by atoms with Crippen molar-refractivity contribution < 1.29 is 68.9 Å². The Morgan fingerprint density at radius 1 is 0.889 bits per heavy atom. The van der Waals surface area contributed by atoms with Crippen molar-refractivity contribution >= 4 is 47.4 Å². The van der Waals surface area contributed by atoms with Crippen LogP contribution < -0.4 is 21.7 Å². The van der Waals surface area contributed by atoms with Gasteiger partial charge in [-0.05, 0) is 41.5 Å². The van der Waals surface area contributed by atoms with E-state index >= 15 is 0 Å². The summed E-state index contributed by atoms with van der Waals surface area (Å²) < 4.78 is 10.6. The van der Waals surface area contributed by atoms with Crippen LogP contribution in [0.15, 0.2) is 0 Å². The van der Waals surface area contributed by atoms with E-state index in [4.69, 9.17) is 15.2 Å². The highest BCUT2D eigenvalue weighted by Gasteiger charge is 2.56. The maximum atomic E-state index is 13.5. The summed E-state index contributed by atoms with van der Waals surface area (Å²) in [5.74, 6) is -8.10. The normalized spacial score (nSPS) is 17.3. The number of carbonyl (C=O) groups excluding carboxylic acids is 4. The van der Waals surface area contributed by atoms with Crippen molar-refractivity contribution in [2.75, 3.05) is 18.2 Å². The van der Waals surface area contributed by atoms with Crippen LogP contribution in [-0.2, 0) is 33.4 Å². The Balaban J connectivity index is 6.67. The van der Waals surface area contributed by atoms with E-state index in [1.807, 2.05) is 0 Å². The van der Waals surface area contributed by atoms with Crippen LogP contribution in [0.4, 0.5) is 4.79 Å². The molecule has 18 nitrogen and oxygen atoms in total. The van der Waals surface area contributed by atoms with Crippen molar-refractivity contribution in [3.05, 3.63) is 0 Å². The van der Waals surface area contributed by atoms with Gasteiger partial charge in [0.25, 0.3) is 5.60 Å². The molecule has 0 fully saturated rings. The summed E-state index contributed by atoms with van der Waals surface area (Å²) in [6.45, 7) is 9.63. The lowest BCUT2D eigenvalue weighted by Gasteiger charge is -2.35. The minimum absolute atomic E-state index is 0.169. The van der Waals surface area contributed by atoms with E-state index in [1.165, 1.54) is 48.5 Å². The van der Waals surface area contributed by atoms with Crippen molar-refractivity contribution in [2.45, 2.75) is 108 Å². The molecule has 0 saturated heterocycles. The zero-order valence-corrected chi connectivity index (χ0v) is 27.0. The van der Waals surface area contributed by atoms with E-state index in [9.17, 15) is 59.4 Å². The van der Waals surface area contributed by atoms with E-state index in [0.717, 1.165) is 11.8 Å². The van der Waals surface area contributed by atoms with Crippen LogP contribution in [0.5, 0.6) is 0 Å². The van der Waals surface area contributed by atoms with Crippen molar-refractivity contribution in [3.63, 3.8) is 0 Å². The third kappa shape index (κ3) is 14.3. The molecule has 0 saturated carbocycles. The fraction of sp³-hybridized carbons (Fsp3) is 0.769. The summed E-state index contributed by atoms with van der Waals surface area (Å²) in [6, 6.07) is -3.80. The molecule has 11 N–H and O–H groups in total. The number of alkyl carbamates (subject to hydrolysis) is 1. The Kier molecular flexibility index (Phi) is 16.4. The van der Waals surface area contributed by atoms with Gasteiger partial charge in [-0.2, -0.15) is 0 Å². The Labute approximate surface area is 264 Å². The van der Waals surface area contributed by atoms with Gasteiger partial charge in [-0.3, -0.25) is 14.4 Å². The number of aliphatic carboxylic acids is 2. The van der Waals surface area contributed by atoms with Gasteiger partial charge in [0.05, 0.1) is 17.6 Å². The second-order valence-electron chi connectivity index (χ2n) is 12.0. The number of Topliss-reactive ketones (excluding diaryl/α,β-unsaturated/α-hetero) is 1. The number of carbonyl (C=O) groups is 6. The molecule has 7 atom stereocenters. The van der Waals surface area contributed by atoms with Crippen molar-refractivity contribution in [2.24, 2.45) is 5.73 Å². The molecule has 0 aromatic rings. The number of nitrogens with two attached hydrogens (primary N) is 1. The number of carboxylic acid groups (broad SMARTS) is 2. The monoisotopic (exact) mass is 670 g/mol. The first kappa shape index (κ1) is 41.9. The number of carboxylic acids is 2. The number of aliphatic hydroxyl groups excluding tert-OH is 3. The Bertz CT molecular complexity index is 1060. The van der Waals surface area contributed by atoms with Crippen molar-refractivity contribution in [3.8, 4) is 0 Å². The summed E-state index contributed by atoms with van der Waals surface area (Å²) >= 11 is 0.763. The lowest BCUT2D eigenvalue weighted by Crippen LogP contribution is -2.67. The highest BCUT2D eigenvalue weighted by atomic mass is 32.2. The van der Waals surface area contributed by atoms with Gasteiger partial charge in [0, 0.05) is 25.6 Å². The predicted molar refractivity (Wildman–Crippen MR) is 158 cm³/mol. The van der Waals surface area contributed by atoms with Crippen molar-refractivity contribution in [1.29, 1.82) is 0 Å². The van der Waals surface area contributed by atoms with Gasteiger partial charge < -0.3 is 61.8 Å². The maximum absolute atomic E-state index is 13.5. The molecular formula is C26H46N4O14S. The quantitative estimate of drug-likeness (QED) is 0.0402. The molecule has 3 amide bonds. The van der Waals surface area contributed by atoms with Gasteiger partial charge in [-0.25, -0.2) is 14.4 Å². The zero-order chi connectivity index (χ0) is 35.5. The zero-order valence-electron chi connectivity index (χ0n) is 26.2. The van der Waals surface area contributed by atoms with Gasteiger partial charge >= 0.3 is 18.0 Å². The van der Waals surface area contributed by atoms with Crippen LogP contribution in [0.1, 0.15) is 54.9 Å². The molecule has 0 rings (SSSR count). The molecule has 45 heavy (non-hydrogen) atoms. The Hall–Kier alpha value is -3.07. The Morgan fingerprint density at radius 3 is 1.87 bits per heavy atom. The number of ether oxygens (including phenoxy) is 2. The summed E-state index contributed by atoms with van der Waals surface area (Å²) in [5.41, 5.74) is -0.687. The van der Waals surface area contributed by atoms with Crippen LogP contribution in [0, 0.1) is 0 Å². The highest BCUT2D eigenvalue weighted by Crippen LogP contribution is 2.22. The molecule has 0 aliphatic carbocycles. The average molecular weight is 671 g/mol. The average Bonchev–Trinajstić information content (AvgIpc) is 2.89. The molecule has 0 radical (unpaired) electrons. The molecule has 0 bridgehead atoms. The SMILES string of the molecule is CC(=O)NCSC[C@H](NC(=O)[C@H](CC(OC(C)(C)C)C(=O)O)NC(=O)OC(C)(C)C)C(=O)[C@](O)(C(=O)O)[C@@H](O)[C@H](O)[C@H](O)CN. The van der Waals surface area contributed by atoms with Gasteiger partial charge in [0.1, 0.15) is 29.9 Å². The summed E-state index contributed by atoms with van der Waals surface area (Å²) in [7, 11) is 0. The van der Waals surface area contributed by atoms with Crippen LogP contribution in [-0.4, -0.2) is 138 Å². The second kappa shape index (κ2) is 17.6. The number of amides is 3. The molecule has 0 spiro atoms. The number of thioether (sulfide) groups is 1. The van der Waals surface area contributed by atoms with E-state index in [2.05, 4.69) is 16.0 Å². The number of hydrogen-bond acceptors (Lipinski definition) is 14. The standard InChI is InChI=1S/C26H46N4O14S/c1-12(31)28-11-45-10-14(18(34)26(42,22(39)40)19(35)17(33)15(32)9-27)29-20(36)13(30-23(41)44-25(5,6)7)8-16(21(37)38)43-24(2,3)4/h13-17,19,32-33,35,42H,8-11,27H2,1-7H3,(H,28,31)(H,29,36)(H,30,41)(H,37,38)(H,39,40)/t13-,14-,15+,16?,17+,19-,26+/m0/s1. The summed E-state index contributed by atoms with van der Waals surface area (Å²) in [4.78, 5) is 75.0. The fourth-order valence-electron chi connectivity index (χ4n) is 3.55. The maximum Gasteiger partial charge on any atom is 0.408 e. The molecule has 0 aromatic carbocycles. The topological polar surface area (TPSA) is 304 Å². The molecular weight excluding hydrogens is 624 g/mol. The van der Waals surface area contributed by atoms with Gasteiger partial charge in [-0.15, -0.1) is 11.8 Å². The lowest BCUT2D eigenvalue weighted by atomic mass is 9.83. The number of ketones is 1. The first-order chi connectivity index (χ1) is 20.4. The number of hydrogen-bond donors (Lipinski definition) is 10. The highest BCUT2D eigenvalue weighted by molar-refractivity contribution is 7.99. The minimum Gasteiger partial charge on any atom is -0.479 e. The second-order valence-corrected chi connectivity index (χ2v) is 13.0. The predicted octanol–water partition coefficient (Wildman–Crippen LogP) is -2.72. The van der Waals surface area contributed by atoms with E-state index in [-0.39, 0.29) is 5.88 Å². The molecule has 19 heteroatoms. The van der Waals surface area contributed by atoms with Crippen LogP contribution in [0.3, 0.4) is 0 Å². The molecule has 0 heterocycles. The number of aliphatic hydroxyl groups is 4. The first-order valence-corrected chi connectivity index (χ1v) is 14.8. The molecule has 0 aromatic heterocycles. The fourth-order valence-corrected chi connectivity index (χ4v) is 4.44. The van der Waals surface area contributed by atoms with Crippen molar-refractivity contribution in [1.82, 2.24) is 16.0 Å². The largest absolute Gasteiger partial charge is 0.479 e.